The fourth-order valence-corrected chi connectivity index (χ4v) is 6.75. The quantitative estimate of drug-likeness (QED) is 0.258. The van der Waals surface area contributed by atoms with E-state index in [4.69, 9.17) is 9.47 Å². The van der Waals surface area contributed by atoms with Gasteiger partial charge in [-0.2, -0.15) is 0 Å². The monoisotopic (exact) mass is 651 g/mol. The van der Waals surface area contributed by atoms with Gasteiger partial charge in [0.2, 0.25) is 11.8 Å². The molecule has 12 nitrogen and oxygen atoms in total. The summed E-state index contributed by atoms with van der Waals surface area (Å²) >= 11 is 0. The third-order valence-electron chi connectivity index (χ3n) is 9.54. The second-order valence-electron chi connectivity index (χ2n) is 12.5. The van der Waals surface area contributed by atoms with E-state index in [0.29, 0.717) is 24.0 Å². The zero-order chi connectivity index (χ0) is 33.2. The summed E-state index contributed by atoms with van der Waals surface area (Å²) in [6.45, 7) is 7.11. The van der Waals surface area contributed by atoms with Crippen LogP contribution in [0.25, 0.3) is 0 Å². The zero-order valence-corrected chi connectivity index (χ0v) is 26.5. The van der Waals surface area contributed by atoms with Gasteiger partial charge >= 0.3 is 5.97 Å². The van der Waals surface area contributed by atoms with Crippen LogP contribution in [0.2, 0.25) is 0 Å². The van der Waals surface area contributed by atoms with Gasteiger partial charge in [0.1, 0.15) is 25.0 Å². The smallest absolute Gasteiger partial charge is 0.338 e. The fraction of sp³-hybridized carbons (Fsp3) is 0.361. The molecule has 4 aliphatic heterocycles. The lowest BCUT2D eigenvalue weighted by molar-refractivity contribution is -0.136. The van der Waals surface area contributed by atoms with Crippen molar-refractivity contribution in [3.05, 3.63) is 95.1 Å². The molecule has 1 atom stereocenters. The fourth-order valence-electron chi connectivity index (χ4n) is 6.75. The number of likely N-dealkylation sites (tertiary alicyclic amines) is 1. The first-order chi connectivity index (χ1) is 23.3. The lowest BCUT2D eigenvalue weighted by Crippen LogP contribution is -2.63. The number of carbonyl (C=O) groups is 5. The Morgan fingerprint density at radius 2 is 1.56 bits per heavy atom. The molecule has 4 amide bonds. The van der Waals surface area contributed by atoms with Crippen LogP contribution in [0.15, 0.2) is 72.8 Å². The molecule has 0 spiro atoms. The number of piperazine rings is 1. The molecule has 3 saturated heterocycles. The Balaban J connectivity index is 0.820. The van der Waals surface area contributed by atoms with Crippen molar-refractivity contribution < 1.29 is 33.4 Å². The molecular formula is C36H37N5O7. The van der Waals surface area contributed by atoms with E-state index in [1.165, 1.54) is 0 Å². The van der Waals surface area contributed by atoms with Crippen LogP contribution < -0.4 is 15.0 Å². The number of fused-ring (bicyclic) bond motifs is 1. The average Bonchev–Trinajstić information content (AvgIpc) is 3.33. The zero-order valence-electron chi connectivity index (χ0n) is 26.5. The summed E-state index contributed by atoms with van der Waals surface area (Å²) in [5.74, 6) is -1.94. The minimum Gasteiger partial charge on any atom is -0.492 e. The van der Waals surface area contributed by atoms with Gasteiger partial charge in [0.15, 0.2) is 0 Å². The molecule has 3 aromatic rings. The minimum atomic E-state index is -0.989. The van der Waals surface area contributed by atoms with Gasteiger partial charge in [-0.05, 0) is 54.4 Å². The summed E-state index contributed by atoms with van der Waals surface area (Å²) in [4.78, 5) is 70.4. The first kappa shape index (κ1) is 31.5. The number of hydrogen-bond donors (Lipinski definition) is 1. The molecule has 0 bridgehead atoms. The number of carbonyl (C=O) groups excluding carboxylic acids is 5. The van der Waals surface area contributed by atoms with Gasteiger partial charge in [-0.15, -0.1) is 0 Å². The average molecular weight is 652 g/mol. The number of piperidine rings is 1. The normalized spacial score (nSPS) is 20.4. The number of imide groups is 2. The van der Waals surface area contributed by atoms with Gasteiger partial charge in [-0.25, -0.2) is 4.79 Å². The predicted octanol–water partition coefficient (Wildman–Crippen LogP) is 2.33. The van der Waals surface area contributed by atoms with Gasteiger partial charge in [0, 0.05) is 64.0 Å². The maximum Gasteiger partial charge on any atom is 0.338 e. The van der Waals surface area contributed by atoms with Gasteiger partial charge in [-0.1, -0.05) is 30.3 Å². The van der Waals surface area contributed by atoms with E-state index < -0.39 is 29.7 Å². The second kappa shape index (κ2) is 13.6. The van der Waals surface area contributed by atoms with Crippen molar-refractivity contribution >= 4 is 35.3 Å². The van der Waals surface area contributed by atoms with Gasteiger partial charge < -0.3 is 14.4 Å². The number of nitrogens with zero attached hydrogens (tertiary/aromatic N) is 4. The standard InChI is InChI=1S/C36H37N5O7/c42-32-13-12-31(33(43)37-32)41-34(44)29-11-10-28(20-30(29)35(41)45)47-19-18-38-21-27(22-38)40-16-14-39(15-17-40)26-8-6-25(7-9-26)36(46)48-23-24-4-2-1-3-5-24/h1-11,20,27,31H,12-19,21-23H2,(H,37,42,43). The first-order valence-corrected chi connectivity index (χ1v) is 16.3. The molecule has 4 heterocycles. The molecule has 1 unspecified atom stereocenters. The molecule has 48 heavy (non-hydrogen) atoms. The Morgan fingerprint density at radius 3 is 2.29 bits per heavy atom. The highest BCUT2D eigenvalue weighted by molar-refractivity contribution is 6.23. The van der Waals surface area contributed by atoms with Crippen molar-refractivity contribution in [2.75, 3.05) is 57.3 Å². The molecule has 4 aliphatic rings. The molecule has 0 aromatic heterocycles. The molecule has 0 saturated carbocycles. The topological polar surface area (TPSA) is 129 Å². The second-order valence-corrected chi connectivity index (χ2v) is 12.5. The number of anilines is 1. The summed E-state index contributed by atoms with van der Waals surface area (Å²) in [5, 5.41) is 2.21. The summed E-state index contributed by atoms with van der Waals surface area (Å²) in [6, 6.07) is 21.6. The lowest BCUT2D eigenvalue weighted by atomic mass is 10.0. The van der Waals surface area contributed by atoms with E-state index >= 15 is 0 Å². The predicted molar refractivity (Wildman–Crippen MR) is 175 cm³/mol. The van der Waals surface area contributed by atoms with Crippen LogP contribution >= 0.6 is 0 Å². The molecular weight excluding hydrogens is 614 g/mol. The molecule has 248 valence electrons. The van der Waals surface area contributed by atoms with Crippen molar-refractivity contribution in [3.8, 4) is 5.75 Å². The van der Waals surface area contributed by atoms with E-state index in [1.54, 1.807) is 18.2 Å². The van der Waals surface area contributed by atoms with Crippen molar-refractivity contribution in [3.63, 3.8) is 0 Å². The van der Waals surface area contributed by atoms with Crippen molar-refractivity contribution in [2.24, 2.45) is 0 Å². The number of ether oxygens (including phenoxy) is 2. The Kier molecular flexibility index (Phi) is 8.92. The summed E-state index contributed by atoms with van der Waals surface area (Å²) in [7, 11) is 0. The Bertz CT molecular complexity index is 1720. The van der Waals surface area contributed by atoms with Crippen LogP contribution in [0, 0.1) is 0 Å². The minimum absolute atomic E-state index is 0.0805. The van der Waals surface area contributed by atoms with Gasteiger partial charge in [0.05, 0.1) is 16.7 Å². The third-order valence-corrected chi connectivity index (χ3v) is 9.54. The van der Waals surface area contributed by atoms with Crippen molar-refractivity contribution in [1.29, 1.82) is 0 Å². The van der Waals surface area contributed by atoms with Gasteiger partial charge in [-0.3, -0.25) is 39.2 Å². The number of rotatable bonds is 10. The largest absolute Gasteiger partial charge is 0.492 e. The highest BCUT2D eigenvalue weighted by atomic mass is 16.5. The number of amides is 4. The molecule has 12 heteroatoms. The van der Waals surface area contributed by atoms with E-state index in [9.17, 15) is 24.0 Å². The number of benzene rings is 3. The molecule has 0 aliphatic carbocycles. The number of nitrogens with one attached hydrogen (secondary N) is 1. The molecule has 3 fully saturated rings. The van der Waals surface area contributed by atoms with E-state index in [2.05, 4.69) is 20.0 Å². The van der Waals surface area contributed by atoms with E-state index in [1.807, 2.05) is 54.6 Å². The molecule has 7 rings (SSSR count). The van der Waals surface area contributed by atoms with E-state index in [0.717, 1.165) is 62.0 Å². The maximum atomic E-state index is 13.1. The van der Waals surface area contributed by atoms with Gasteiger partial charge in [0.25, 0.3) is 11.8 Å². The Hall–Kier alpha value is -5.07. The Labute approximate surface area is 278 Å². The van der Waals surface area contributed by atoms with Crippen molar-refractivity contribution in [2.45, 2.75) is 31.5 Å². The lowest BCUT2D eigenvalue weighted by Gasteiger charge is -2.48. The van der Waals surface area contributed by atoms with Crippen LogP contribution in [0.1, 0.15) is 49.5 Å². The summed E-state index contributed by atoms with van der Waals surface area (Å²) in [5.41, 5.74) is 3.05. The molecule has 1 N–H and O–H groups in total. The van der Waals surface area contributed by atoms with Crippen LogP contribution in [0.5, 0.6) is 5.75 Å². The van der Waals surface area contributed by atoms with Crippen LogP contribution in [-0.2, 0) is 20.9 Å². The summed E-state index contributed by atoms with van der Waals surface area (Å²) < 4.78 is 11.4. The molecule has 0 radical (unpaired) electrons. The summed E-state index contributed by atoms with van der Waals surface area (Å²) in [6.07, 6.45) is 0.201. The van der Waals surface area contributed by atoms with E-state index in [-0.39, 0.29) is 36.5 Å². The first-order valence-electron chi connectivity index (χ1n) is 16.3. The number of esters is 1. The third kappa shape index (κ3) is 6.54. The van der Waals surface area contributed by atoms with Crippen LogP contribution in [-0.4, -0.2) is 109 Å². The van der Waals surface area contributed by atoms with Crippen molar-refractivity contribution in [1.82, 2.24) is 20.0 Å². The molecule has 3 aromatic carbocycles. The van der Waals surface area contributed by atoms with Crippen LogP contribution in [0.4, 0.5) is 5.69 Å². The highest BCUT2D eigenvalue weighted by Gasteiger charge is 2.44. The Morgan fingerprint density at radius 1 is 0.833 bits per heavy atom. The van der Waals surface area contributed by atoms with Crippen LogP contribution in [0.3, 0.4) is 0 Å². The highest BCUT2D eigenvalue weighted by Crippen LogP contribution is 2.30. The SMILES string of the molecule is O=C1CCC(N2C(=O)c3ccc(OCCN4CC(N5CCN(c6ccc(C(=O)OCc7ccccc7)cc6)CC5)C4)cc3C2=O)C(=O)N1. The maximum absolute atomic E-state index is 13.1. The number of hydrogen-bond acceptors (Lipinski definition) is 10.